The number of imidazole rings is 1. The summed E-state index contributed by atoms with van der Waals surface area (Å²) in [4.78, 5) is 16.8. The van der Waals surface area contributed by atoms with Crippen LogP contribution in [0.3, 0.4) is 0 Å². The van der Waals surface area contributed by atoms with Gasteiger partial charge in [0.05, 0.1) is 11.3 Å². The van der Waals surface area contributed by atoms with Gasteiger partial charge >= 0.3 is 0 Å². The molecule has 2 saturated heterocycles. The van der Waals surface area contributed by atoms with Gasteiger partial charge in [-0.2, -0.15) is 0 Å². The van der Waals surface area contributed by atoms with Crippen LogP contribution < -0.4 is 11.1 Å². The van der Waals surface area contributed by atoms with Crippen molar-refractivity contribution in [3.8, 4) is 28.3 Å². The number of pyridine rings is 2. The highest BCUT2D eigenvalue weighted by molar-refractivity contribution is 5.84. The molecule has 5 aromatic rings. The number of hydrogen-bond acceptors (Lipinski definition) is 6. The maximum atomic E-state index is 6.28. The van der Waals surface area contributed by atoms with Crippen LogP contribution in [-0.4, -0.2) is 49.6 Å². The Balaban J connectivity index is 1.34. The van der Waals surface area contributed by atoms with Crippen molar-refractivity contribution in [1.29, 1.82) is 0 Å². The molecule has 0 bridgehead atoms. The van der Waals surface area contributed by atoms with Gasteiger partial charge in [0.25, 0.3) is 0 Å². The predicted octanol–water partition coefficient (Wildman–Crippen LogP) is 3.89. The zero-order valence-corrected chi connectivity index (χ0v) is 19.2. The SMILES string of the molecule is Nc1ncccc1-c1nc2ccc(-c3ccccc3)nc2n1-c1ccc(CN2CC3NC[C@H]32)cc1. The number of benzene rings is 2. The van der Waals surface area contributed by atoms with Crippen LogP contribution in [-0.2, 0) is 6.54 Å². The third-order valence-corrected chi connectivity index (χ3v) is 7.19. The molecule has 7 nitrogen and oxygen atoms in total. The summed E-state index contributed by atoms with van der Waals surface area (Å²) in [5.41, 5.74) is 13.0. The normalized spacial score (nSPS) is 19.2. The number of anilines is 1. The summed E-state index contributed by atoms with van der Waals surface area (Å²) in [6, 6.07) is 28.2. The Morgan fingerprint density at radius 2 is 1.77 bits per heavy atom. The van der Waals surface area contributed by atoms with E-state index in [2.05, 4.69) is 56.2 Å². The lowest BCUT2D eigenvalue weighted by Crippen LogP contribution is -2.77. The molecule has 2 atom stereocenters. The Morgan fingerprint density at radius 1 is 0.914 bits per heavy atom. The van der Waals surface area contributed by atoms with Gasteiger partial charge in [-0.15, -0.1) is 0 Å². The number of nitrogens with zero attached hydrogens (tertiary/aromatic N) is 5. The lowest BCUT2D eigenvalue weighted by Gasteiger charge is -2.56. The molecule has 0 spiro atoms. The van der Waals surface area contributed by atoms with Crippen molar-refractivity contribution < 1.29 is 0 Å². The summed E-state index contributed by atoms with van der Waals surface area (Å²) >= 11 is 0. The minimum Gasteiger partial charge on any atom is -0.383 e. The van der Waals surface area contributed by atoms with Gasteiger partial charge in [0.15, 0.2) is 11.5 Å². The van der Waals surface area contributed by atoms with Crippen molar-refractivity contribution in [3.63, 3.8) is 0 Å². The van der Waals surface area contributed by atoms with Gasteiger partial charge in [0, 0.05) is 49.2 Å². The van der Waals surface area contributed by atoms with E-state index in [0.717, 1.165) is 59.1 Å². The van der Waals surface area contributed by atoms with Crippen LogP contribution in [0.25, 0.3) is 39.5 Å². The maximum Gasteiger partial charge on any atom is 0.165 e. The van der Waals surface area contributed by atoms with Crippen LogP contribution >= 0.6 is 0 Å². The average molecular weight is 460 g/mol. The zero-order valence-electron chi connectivity index (χ0n) is 19.2. The highest BCUT2D eigenvalue weighted by Gasteiger charge is 2.44. The number of nitrogens with two attached hydrogens (primary N) is 1. The third kappa shape index (κ3) is 3.39. The van der Waals surface area contributed by atoms with E-state index >= 15 is 0 Å². The first-order chi connectivity index (χ1) is 17.2. The molecule has 0 radical (unpaired) electrons. The van der Waals surface area contributed by atoms with Crippen LogP contribution in [0.2, 0.25) is 0 Å². The Morgan fingerprint density at radius 3 is 2.49 bits per heavy atom. The maximum absolute atomic E-state index is 6.28. The molecule has 3 N–H and O–H groups in total. The van der Waals surface area contributed by atoms with Gasteiger partial charge in [-0.25, -0.2) is 15.0 Å². The molecule has 2 aliphatic rings. The van der Waals surface area contributed by atoms with E-state index in [9.17, 15) is 0 Å². The molecule has 2 fully saturated rings. The lowest BCUT2D eigenvalue weighted by molar-refractivity contribution is -0.0236. The van der Waals surface area contributed by atoms with Gasteiger partial charge < -0.3 is 11.1 Å². The van der Waals surface area contributed by atoms with Crippen LogP contribution in [0.5, 0.6) is 0 Å². The third-order valence-electron chi connectivity index (χ3n) is 7.19. The van der Waals surface area contributed by atoms with Crippen molar-refractivity contribution in [2.45, 2.75) is 18.6 Å². The topological polar surface area (TPSA) is 84.9 Å². The number of nitrogen functional groups attached to an aromatic ring is 1. The number of aromatic nitrogens is 4. The molecule has 2 aliphatic heterocycles. The molecule has 1 unspecified atom stereocenters. The first-order valence-electron chi connectivity index (χ1n) is 12.0. The van der Waals surface area contributed by atoms with Crippen LogP contribution in [0.15, 0.2) is 85.1 Å². The van der Waals surface area contributed by atoms with E-state index in [1.54, 1.807) is 6.20 Å². The van der Waals surface area contributed by atoms with Crippen LogP contribution in [0.1, 0.15) is 5.56 Å². The predicted molar refractivity (Wildman–Crippen MR) is 138 cm³/mol. The van der Waals surface area contributed by atoms with Gasteiger partial charge in [0.2, 0.25) is 0 Å². The monoisotopic (exact) mass is 459 g/mol. The molecule has 7 heteroatoms. The highest BCUT2D eigenvalue weighted by atomic mass is 15.3. The largest absolute Gasteiger partial charge is 0.383 e. The minimum absolute atomic E-state index is 0.449. The molecule has 7 rings (SSSR count). The Labute approximate surface area is 203 Å². The van der Waals surface area contributed by atoms with E-state index in [-0.39, 0.29) is 0 Å². The Bertz CT molecular complexity index is 1520. The fraction of sp³-hybridized carbons (Fsp3) is 0.179. The Hall–Kier alpha value is -4.07. The minimum atomic E-state index is 0.449. The van der Waals surface area contributed by atoms with Crippen molar-refractivity contribution in [3.05, 3.63) is 90.6 Å². The first-order valence-corrected chi connectivity index (χ1v) is 12.0. The fourth-order valence-electron chi connectivity index (χ4n) is 5.14. The molecular weight excluding hydrogens is 434 g/mol. The fourth-order valence-corrected chi connectivity index (χ4v) is 5.14. The van der Waals surface area contributed by atoms with Crippen molar-refractivity contribution in [1.82, 2.24) is 29.7 Å². The summed E-state index contributed by atoms with van der Waals surface area (Å²) in [7, 11) is 0. The standard InChI is InChI=1S/C28H25N7/c29-26-21(7-4-14-30-26)27-33-23-13-12-22(19-5-2-1-3-6-19)32-28(23)35(27)20-10-8-18(9-11-20)16-34-17-24-25(34)15-31-24/h1-14,24-25,31H,15-17H2,(H2,29,30)/t24?,25-/m1/s1. The van der Waals surface area contributed by atoms with Crippen molar-refractivity contribution in [2.75, 3.05) is 18.8 Å². The molecule has 0 aliphatic carbocycles. The average Bonchev–Trinajstić information content (AvgIpc) is 3.26. The molecule has 0 saturated carbocycles. The molecule has 35 heavy (non-hydrogen) atoms. The first kappa shape index (κ1) is 20.3. The second-order valence-corrected chi connectivity index (χ2v) is 9.29. The van der Waals surface area contributed by atoms with E-state index in [0.29, 0.717) is 17.9 Å². The van der Waals surface area contributed by atoms with Crippen LogP contribution in [0.4, 0.5) is 5.82 Å². The van der Waals surface area contributed by atoms with Gasteiger partial charge in [-0.1, -0.05) is 42.5 Å². The molecular formula is C28H25N7. The van der Waals surface area contributed by atoms with Crippen molar-refractivity contribution >= 4 is 17.0 Å². The number of nitrogens with one attached hydrogen (secondary N) is 1. The number of hydrogen-bond donors (Lipinski definition) is 2. The second kappa shape index (κ2) is 8.01. The molecule has 3 aromatic heterocycles. The van der Waals surface area contributed by atoms with Crippen LogP contribution in [0, 0.1) is 0 Å². The smallest absolute Gasteiger partial charge is 0.165 e. The lowest BCUT2D eigenvalue weighted by atomic mass is 9.88. The summed E-state index contributed by atoms with van der Waals surface area (Å²) < 4.78 is 2.09. The molecule has 172 valence electrons. The molecule has 5 heterocycles. The number of fused-ring (bicyclic) bond motifs is 2. The van der Waals surface area contributed by atoms with Gasteiger partial charge in [0.1, 0.15) is 11.3 Å². The van der Waals surface area contributed by atoms with E-state index in [4.69, 9.17) is 15.7 Å². The summed E-state index contributed by atoms with van der Waals surface area (Å²) in [6.45, 7) is 3.22. The number of likely N-dealkylation sites (tertiary alicyclic amines) is 1. The van der Waals surface area contributed by atoms with Gasteiger partial charge in [-0.3, -0.25) is 9.47 Å². The van der Waals surface area contributed by atoms with Crippen molar-refractivity contribution in [2.24, 2.45) is 0 Å². The van der Waals surface area contributed by atoms with E-state index in [1.165, 1.54) is 5.56 Å². The Kier molecular flexibility index (Phi) is 4.65. The van der Waals surface area contributed by atoms with E-state index in [1.807, 2.05) is 42.5 Å². The summed E-state index contributed by atoms with van der Waals surface area (Å²) in [5, 5.41) is 3.47. The molecule has 0 amide bonds. The number of piperazine rings is 1. The second-order valence-electron chi connectivity index (χ2n) is 9.29. The number of rotatable bonds is 5. The summed E-state index contributed by atoms with van der Waals surface area (Å²) in [5.74, 6) is 1.19. The summed E-state index contributed by atoms with van der Waals surface area (Å²) in [6.07, 6.45) is 1.70. The van der Waals surface area contributed by atoms with E-state index < -0.39 is 0 Å². The molecule has 2 aromatic carbocycles. The zero-order chi connectivity index (χ0) is 23.4. The quantitative estimate of drug-likeness (QED) is 0.415. The highest BCUT2D eigenvalue weighted by Crippen LogP contribution is 2.32. The van der Waals surface area contributed by atoms with Gasteiger partial charge in [-0.05, 0) is 42.0 Å².